The average Bonchev–Trinajstić information content (AvgIpc) is 2.68. The highest BCUT2D eigenvalue weighted by molar-refractivity contribution is 5.35. The number of aryl methyl sites for hydroxylation is 2. The van der Waals surface area contributed by atoms with E-state index in [0.717, 1.165) is 29.2 Å². The molecule has 0 bridgehead atoms. The van der Waals surface area contributed by atoms with Gasteiger partial charge in [0.2, 0.25) is 0 Å². The predicted octanol–water partition coefficient (Wildman–Crippen LogP) is 2.56. The lowest BCUT2D eigenvalue weighted by molar-refractivity contribution is 0.0704. The Kier molecular flexibility index (Phi) is 9.94. The Bertz CT molecular complexity index is 720. The second-order valence-corrected chi connectivity index (χ2v) is 7.26. The van der Waals surface area contributed by atoms with Crippen LogP contribution in [0.1, 0.15) is 16.7 Å². The first-order valence-corrected chi connectivity index (χ1v) is 9.95. The molecule has 0 radical (unpaired) electrons. The molecule has 29 heavy (non-hydrogen) atoms. The lowest BCUT2D eigenvalue weighted by Crippen LogP contribution is -2.32. The molecule has 0 aliphatic heterocycles. The third-order valence-electron chi connectivity index (χ3n) is 4.39. The van der Waals surface area contributed by atoms with Crippen LogP contribution >= 0.6 is 0 Å². The van der Waals surface area contributed by atoms with E-state index in [-0.39, 0.29) is 13.2 Å². The fraction of sp³-hybridized carbons (Fsp3) is 0.478. The van der Waals surface area contributed by atoms with Crippen molar-refractivity contribution >= 4 is 0 Å². The van der Waals surface area contributed by atoms with E-state index in [9.17, 15) is 5.11 Å². The molecule has 0 heterocycles. The summed E-state index contributed by atoms with van der Waals surface area (Å²) in [6.07, 6.45) is -0.567. The van der Waals surface area contributed by atoms with Gasteiger partial charge in [-0.1, -0.05) is 29.8 Å². The van der Waals surface area contributed by atoms with Crippen LogP contribution in [0.3, 0.4) is 0 Å². The molecule has 0 aromatic heterocycles. The Morgan fingerprint density at radius 1 is 0.966 bits per heavy atom. The van der Waals surface area contributed by atoms with Gasteiger partial charge in [0.1, 0.15) is 30.8 Å². The highest BCUT2D eigenvalue weighted by atomic mass is 16.5. The predicted molar refractivity (Wildman–Crippen MR) is 114 cm³/mol. The summed E-state index contributed by atoms with van der Waals surface area (Å²) < 4.78 is 16.5. The maximum Gasteiger partial charge on any atom is 0.122 e. The summed E-state index contributed by atoms with van der Waals surface area (Å²) in [6, 6.07) is 13.9. The molecule has 2 aromatic rings. The Balaban J connectivity index is 1.70. The Morgan fingerprint density at radius 2 is 1.72 bits per heavy atom. The molecule has 0 saturated heterocycles. The number of rotatable bonds is 13. The lowest BCUT2D eigenvalue weighted by atomic mass is 10.1. The van der Waals surface area contributed by atoms with Gasteiger partial charge in [-0.3, -0.25) is 4.90 Å². The van der Waals surface area contributed by atoms with E-state index in [1.807, 2.05) is 57.3 Å². The molecule has 0 spiro atoms. The highest BCUT2D eigenvalue weighted by Crippen LogP contribution is 2.19. The molecule has 2 rings (SSSR count). The van der Waals surface area contributed by atoms with E-state index in [1.54, 1.807) is 0 Å². The Morgan fingerprint density at radius 3 is 2.41 bits per heavy atom. The average molecular weight is 404 g/mol. The number of hydrogen-bond acceptors (Lipinski definition) is 6. The van der Waals surface area contributed by atoms with Crippen molar-refractivity contribution in [2.24, 2.45) is 0 Å². The maximum absolute atomic E-state index is 10.3. The van der Waals surface area contributed by atoms with Gasteiger partial charge in [0.25, 0.3) is 0 Å². The molecule has 6 heteroatoms. The quantitative estimate of drug-likeness (QED) is 0.501. The van der Waals surface area contributed by atoms with E-state index >= 15 is 0 Å². The number of likely N-dealkylation sites (N-methyl/N-ethyl adjacent to an activating group) is 1. The number of aliphatic hydroxyl groups excluding tert-OH is 2. The van der Waals surface area contributed by atoms with Crippen LogP contribution in [0.4, 0.5) is 0 Å². The van der Waals surface area contributed by atoms with Gasteiger partial charge in [-0.05, 0) is 50.2 Å². The van der Waals surface area contributed by atoms with Crippen molar-refractivity contribution in [3.63, 3.8) is 0 Å². The molecule has 2 N–H and O–H groups in total. The molecule has 0 unspecified atom stereocenters. The first kappa shape index (κ1) is 23.2. The van der Waals surface area contributed by atoms with Crippen LogP contribution < -0.4 is 9.47 Å². The molecule has 0 aliphatic carbocycles. The highest BCUT2D eigenvalue weighted by Gasteiger charge is 2.11. The fourth-order valence-electron chi connectivity index (χ4n) is 3.01. The van der Waals surface area contributed by atoms with Gasteiger partial charge in [0.15, 0.2) is 0 Å². The Labute approximate surface area is 173 Å². The molecule has 6 nitrogen and oxygen atoms in total. The summed E-state index contributed by atoms with van der Waals surface area (Å²) in [6.45, 7) is 6.82. The van der Waals surface area contributed by atoms with Crippen LogP contribution in [0.15, 0.2) is 42.5 Å². The summed E-state index contributed by atoms with van der Waals surface area (Å²) in [4.78, 5) is 2.06. The molecule has 0 aliphatic rings. The van der Waals surface area contributed by atoms with Gasteiger partial charge < -0.3 is 24.4 Å². The maximum atomic E-state index is 10.3. The van der Waals surface area contributed by atoms with Crippen LogP contribution in [0.5, 0.6) is 11.5 Å². The van der Waals surface area contributed by atoms with E-state index in [1.165, 1.54) is 5.56 Å². The van der Waals surface area contributed by atoms with Crippen LogP contribution in [-0.2, 0) is 11.3 Å². The minimum absolute atomic E-state index is 0.0225. The first-order chi connectivity index (χ1) is 14.0. The second-order valence-electron chi connectivity index (χ2n) is 7.26. The zero-order valence-corrected chi connectivity index (χ0v) is 17.6. The largest absolute Gasteiger partial charge is 0.491 e. The van der Waals surface area contributed by atoms with Crippen molar-refractivity contribution < 1.29 is 24.4 Å². The third kappa shape index (κ3) is 8.83. The number of nitrogens with zero attached hydrogens (tertiary/aromatic N) is 1. The molecule has 0 fully saturated rings. The van der Waals surface area contributed by atoms with Crippen LogP contribution in [0, 0.1) is 13.8 Å². The summed E-state index contributed by atoms with van der Waals surface area (Å²) in [5, 5.41) is 18.9. The molecule has 1 atom stereocenters. The van der Waals surface area contributed by atoms with Crippen molar-refractivity contribution in [2.75, 3.05) is 46.6 Å². The van der Waals surface area contributed by atoms with Crippen molar-refractivity contribution in [1.29, 1.82) is 0 Å². The molecule has 2 aromatic carbocycles. The van der Waals surface area contributed by atoms with E-state index in [4.69, 9.17) is 19.3 Å². The van der Waals surface area contributed by atoms with Gasteiger partial charge in [0, 0.05) is 13.1 Å². The monoisotopic (exact) mass is 403 g/mol. The number of hydrogen-bond donors (Lipinski definition) is 2. The summed E-state index contributed by atoms with van der Waals surface area (Å²) in [5.41, 5.74) is 3.41. The summed E-state index contributed by atoms with van der Waals surface area (Å²) in [5.74, 6) is 1.60. The number of aliphatic hydroxyl groups is 2. The van der Waals surface area contributed by atoms with E-state index < -0.39 is 6.10 Å². The fourth-order valence-corrected chi connectivity index (χ4v) is 3.01. The van der Waals surface area contributed by atoms with Crippen molar-refractivity contribution in [3.8, 4) is 11.5 Å². The molecule has 160 valence electrons. The summed E-state index contributed by atoms with van der Waals surface area (Å²) in [7, 11) is 1.98. The Hall–Kier alpha value is -2.12. The first-order valence-electron chi connectivity index (χ1n) is 9.95. The van der Waals surface area contributed by atoms with Gasteiger partial charge >= 0.3 is 0 Å². The SMILES string of the molecule is Cc1ccc(OC[C@H](O)CN(C)Cc2ccc(OCCOCCO)cc2)c(C)c1. The second kappa shape index (κ2) is 12.4. The molecular weight excluding hydrogens is 370 g/mol. The lowest BCUT2D eigenvalue weighted by Gasteiger charge is -2.21. The van der Waals surface area contributed by atoms with Gasteiger partial charge in [-0.2, -0.15) is 0 Å². The van der Waals surface area contributed by atoms with Gasteiger partial charge in [0.05, 0.1) is 19.8 Å². The zero-order valence-electron chi connectivity index (χ0n) is 17.6. The smallest absolute Gasteiger partial charge is 0.122 e. The zero-order chi connectivity index (χ0) is 21.1. The van der Waals surface area contributed by atoms with Crippen molar-refractivity contribution in [1.82, 2.24) is 4.90 Å². The van der Waals surface area contributed by atoms with Crippen molar-refractivity contribution in [2.45, 2.75) is 26.5 Å². The van der Waals surface area contributed by atoms with Gasteiger partial charge in [-0.25, -0.2) is 0 Å². The minimum Gasteiger partial charge on any atom is -0.491 e. The molecular formula is C23H33NO5. The van der Waals surface area contributed by atoms with E-state index in [2.05, 4.69) is 11.0 Å². The van der Waals surface area contributed by atoms with Gasteiger partial charge in [-0.15, -0.1) is 0 Å². The van der Waals surface area contributed by atoms with Crippen LogP contribution in [0.2, 0.25) is 0 Å². The van der Waals surface area contributed by atoms with E-state index in [0.29, 0.717) is 26.4 Å². The van der Waals surface area contributed by atoms with Crippen LogP contribution in [0.25, 0.3) is 0 Å². The molecule has 0 saturated carbocycles. The topological polar surface area (TPSA) is 71.4 Å². The standard InChI is InChI=1S/C23H33NO5/c1-18-4-9-23(19(2)14-18)29-17-21(26)16-24(3)15-20-5-7-22(8-6-20)28-13-12-27-11-10-25/h4-9,14,21,25-26H,10-13,15-17H2,1-3H3/t21-/m1/s1. The van der Waals surface area contributed by atoms with Crippen LogP contribution in [-0.4, -0.2) is 67.8 Å². The normalized spacial score (nSPS) is 12.2. The van der Waals surface area contributed by atoms with Crippen molar-refractivity contribution in [3.05, 3.63) is 59.2 Å². The summed E-state index contributed by atoms with van der Waals surface area (Å²) >= 11 is 0. The number of ether oxygens (including phenoxy) is 3. The minimum atomic E-state index is -0.567. The molecule has 0 amide bonds. The third-order valence-corrected chi connectivity index (χ3v) is 4.39. The number of benzene rings is 2.